The summed E-state index contributed by atoms with van der Waals surface area (Å²) in [4.78, 5) is 5.04. The first-order valence-corrected chi connectivity index (χ1v) is 12.5. The first kappa shape index (κ1) is 21.6. The molecule has 0 unspecified atom stereocenters. The summed E-state index contributed by atoms with van der Waals surface area (Å²) in [6, 6.07) is 13.0. The molecule has 0 radical (unpaired) electrons. The van der Waals surface area contributed by atoms with Gasteiger partial charge in [-0.1, -0.05) is 12.8 Å². The van der Waals surface area contributed by atoms with E-state index in [0.717, 1.165) is 37.8 Å². The monoisotopic (exact) mass is 435 g/mol. The van der Waals surface area contributed by atoms with E-state index in [9.17, 15) is 0 Å². The van der Waals surface area contributed by atoms with Gasteiger partial charge in [-0.05, 0) is 88.3 Å². The number of aromatic nitrogens is 1. The molecule has 0 bridgehead atoms. The summed E-state index contributed by atoms with van der Waals surface area (Å²) >= 11 is 0. The van der Waals surface area contributed by atoms with E-state index in [-0.39, 0.29) is 0 Å². The van der Waals surface area contributed by atoms with Crippen molar-refractivity contribution in [3.8, 4) is 11.5 Å². The number of likely N-dealkylation sites (tertiary alicyclic amines) is 2. The lowest BCUT2D eigenvalue weighted by Gasteiger charge is -2.26. The highest BCUT2D eigenvalue weighted by molar-refractivity contribution is 6.08. The van der Waals surface area contributed by atoms with E-state index in [1.807, 2.05) is 0 Å². The molecule has 0 N–H and O–H groups in total. The SMILES string of the molecule is Cn1c2ccc(OCCN3CCCCC3)cc2c2cc(OCCN3CCCCC3)ccc21. The van der Waals surface area contributed by atoms with Crippen LogP contribution in [0.2, 0.25) is 0 Å². The van der Waals surface area contributed by atoms with Gasteiger partial charge >= 0.3 is 0 Å². The fraction of sp³-hybridized carbons (Fsp3) is 0.556. The molecular formula is C27H37N3O2. The molecule has 2 aromatic carbocycles. The highest BCUT2D eigenvalue weighted by Crippen LogP contribution is 2.33. The zero-order valence-corrected chi connectivity index (χ0v) is 19.5. The number of hydrogen-bond donors (Lipinski definition) is 0. The third kappa shape index (κ3) is 4.89. The molecule has 5 heteroatoms. The number of hydrogen-bond acceptors (Lipinski definition) is 4. The average Bonchev–Trinajstić information content (AvgIpc) is 3.11. The quantitative estimate of drug-likeness (QED) is 0.495. The molecule has 0 amide bonds. The molecule has 2 aliphatic rings. The molecule has 1 aromatic heterocycles. The Morgan fingerprint density at radius 3 is 1.50 bits per heavy atom. The lowest BCUT2D eigenvalue weighted by atomic mass is 10.1. The van der Waals surface area contributed by atoms with Crippen molar-refractivity contribution in [3.05, 3.63) is 36.4 Å². The summed E-state index contributed by atoms with van der Waals surface area (Å²) < 4.78 is 14.6. The molecule has 32 heavy (non-hydrogen) atoms. The Bertz CT molecular complexity index is 951. The summed E-state index contributed by atoms with van der Waals surface area (Å²) in [7, 11) is 2.14. The van der Waals surface area contributed by atoms with Gasteiger partial charge in [0.15, 0.2) is 0 Å². The highest BCUT2D eigenvalue weighted by atomic mass is 16.5. The number of ether oxygens (including phenoxy) is 2. The van der Waals surface area contributed by atoms with Crippen LogP contribution in [0.3, 0.4) is 0 Å². The fourth-order valence-electron chi connectivity index (χ4n) is 5.31. The first-order chi connectivity index (χ1) is 15.8. The van der Waals surface area contributed by atoms with Gasteiger partial charge in [-0.25, -0.2) is 0 Å². The lowest BCUT2D eigenvalue weighted by Crippen LogP contribution is -2.33. The number of nitrogens with zero attached hydrogens (tertiary/aromatic N) is 3. The van der Waals surface area contributed by atoms with Gasteiger partial charge in [0.25, 0.3) is 0 Å². The van der Waals surface area contributed by atoms with Crippen LogP contribution in [0.4, 0.5) is 0 Å². The summed E-state index contributed by atoms with van der Waals surface area (Å²) in [6.07, 6.45) is 8.04. The third-order valence-electron chi connectivity index (χ3n) is 7.20. The van der Waals surface area contributed by atoms with E-state index < -0.39 is 0 Å². The van der Waals surface area contributed by atoms with Crippen LogP contribution in [0.25, 0.3) is 21.8 Å². The van der Waals surface area contributed by atoms with Gasteiger partial charge in [0.05, 0.1) is 0 Å². The molecule has 3 heterocycles. The minimum atomic E-state index is 0.751. The van der Waals surface area contributed by atoms with Crippen LogP contribution in [0.5, 0.6) is 11.5 Å². The number of benzene rings is 2. The summed E-state index contributed by atoms with van der Waals surface area (Å²) in [6.45, 7) is 8.39. The predicted molar refractivity (Wildman–Crippen MR) is 132 cm³/mol. The van der Waals surface area contributed by atoms with Crippen molar-refractivity contribution in [1.29, 1.82) is 0 Å². The second-order valence-electron chi connectivity index (χ2n) is 9.42. The Kier molecular flexibility index (Phi) is 6.84. The molecule has 5 nitrogen and oxygen atoms in total. The predicted octanol–water partition coefficient (Wildman–Crippen LogP) is 5.06. The minimum Gasteiger partial charge on any atom is -0.492 e. The molecule has 0 aliphatic carbocycles. The minimum absolute atomic E-state index is 0.751. The Labute approximate surface area is 191 Å². The zero-order valence-electron chi connectivity index (χ0n) is 19.5. The maximum atomic E-state index is 6.15. The smallest absolute Gasteiger partial charge is 0.120 e. The van der Waals surface area contributed by atoms with Crippen LogP contribution in [0.1, 0.15) is 38.5 Å². The molecule has 0 spiro atoms. The summed E-state index contributed by atoms with van der Waals surface area (Å²) in [5.74, 6) is 1.91. The third-order valence-corrected chi connectivity index (χ3v) is 7.20. The van der Waals surface area contributed by atoms with E-state index in [1.54, 1.807) is 0 Å². The van der Waals surface area contributed by atoms with Crippen molar-refractivity contribution in [1.82, 2.24) is 14.4 Å². The maximum Gasteiger partial charge on any atom is 0.120 e. The van der Waals surface area contributed by atoms with Crippen molar-refractivity contribution in [3.63, 3.8) is 0 Å². The maximum absolute atomic E-state index is 6.15. The lowest BCUT2D eigenvalue weighted by molar-refractivity contribution is 0.183. The van der Waals surface area contributed by atoms with Crippen molar-refractivity contribution < 1.29 is 9.47 Å². The van der Waals surface area contributed by atoms with Crippen LogP contribution in [-0.4, -0.2) is 66.8 Å². The van der Waals surface area contributed by atoms with Crippen molar-refractivity contribution in [2.24, 2.45) is 7.05 Å². The molecule has 2 aliphatic heterocycles. The van der Waals surface area contributed by atoms with Crippen LogP contribution < -0.4 is 9.47 Å². The molecule has 5 rings (SSSR count). The number of fused-ring (bicyclic) bond motifs is 3. The normalized spacial score (nSPS) is 18.4. The largest absolute Gasteiger partial charge is 0.492 e. The van der Waals surface area contributed by atoms with E-state index in [1.165, 1.54) is 86.5 Å². The fourth-order valence-corrected chi connectivity index (χ4v) is 5.31. The van der Waals surface area contributed by atoms with Crippen LogP contribution in [0.15, 0.2) is 36.4 Å². The van der Waals surface area contributed by atoms with Gasteiger partial charge in [0, 0.05) is 41.9 Å². The Balaban J connectivity index is 1.27. The van der Waals surface area contributed by atoms with Crippen molar-refractivity contribution in [2.45, 2.75) is 38.5 Å². The van der Waals surface area contributed by atoms with Crippen molar-refractivity contribution >= 4 is 21.8 Å². The van der Waals surface area contributed by atoms with Crippen LogP contribution >= 0.6 is 0 Å². The Morgan fingerprint density at radius 2 is 1.06 bits per heavy atom. The molecule has 2 saturated heterocycles. The van der Waals surface area contributed by atoms with E-state index in [2.05, 4.69) is 57.8 Å². The van der Waals surface area contributed by atoms with Gasteiger partial charge in [0.1, 0.15) is 24.7 Å². The number of piperidine rings is 2. The van der Waals surface area contributed by atoms with Crippen LogP contribution in [0, 0.1) is 0 Å². The number of rotatable bonds is 8. The highest BCUT2D eigenvalue weighted by Gasteiger charge is 2.13. The number of aryl methyl sites for hydroxylation is 1. The molecule has 2 fully saturated rings. The molecule has 0 atom stereocenters. The second kappa shape index (κ2) is 10.1. The second-order valence-corrected chi connectivity index (χ2v) is 9.42. The molecule has 3 aromatic rings. The van der Waals surface area contributed by atoms with Crippen molar-refractivity contribution in [2.75, 3.05) is 52.5 Å². The van der Waals surface area contributed by atoms with Crippen LogP contribution in [-0.2, 0) is 7.05 Å². The molecular weight excluding hydrogens is 398 g/mol. The van der Waals surface area contributed by atoms with E-state index in [4.69, 9.17) is 9.47 Å². The Hall–Kier alpha value is -2.24. The topological polar surface area (TPSA) is 29.9 Å². The van der Waals surface area contributed by atoms with E-state index >= 15 is 0 Å². The van der Waals surface area contributed by atoms with E-state index in [0.29, 0.717) is 0 Å². The zero-order chi connectivity index (χ0) is 21.8. The van der Waals surface area contributed by atoms with Gasteiger partial charge in [0.2, 0.25) is 0 Å². The van der Waals surface area contributed by atoms with Gasteiger partial charge < -0.3 is 14.0 Å². The standard InChI is InChI=1S/C27H37N3O2/c1-28-26-10-8-22(31-18-16-29-12-4-2-5-13-29)20-24(26)25-21-23(9-11-27(25)28)32-19-17-30-14-6-3-7-15-30/h8-11,20-21H,2-7,12-19H2,1H3. The molecule has 172 valence electrons. The summed E-state index contributed by atoms with van der Waals surface area (Å²) in [5.41, 5.74) is 2.46. The van der Waals surface area contributed by atoms with Gasteiger partial charge in [-0.2, -0.15) is 0 Å². The average molecular weight is 436 g/mol. The van der Waals surface area contributed by atoms with Gasteiger partial charge in [-0.3, -0.25) is 9.80 Å². The first-order valence-electron chi connectivity index (χ1n) is 12.5. The molecule has 0 saturated carbocycles. The van der Waals surface area contributed by atoms with Gasteiger partial charge in [-0.15, -0.1) is 0 Å². The summed E-state index contributed by atoms with van der Waals surface area (Å²) in [5, 5.41) is 2.47. The Morgan fingerprint density at radius 1 is 0.625 bits per heavy atom.